The van der Waals surface area contributed by atoms with E-state index >= 15 is 0 Å². The van der Waals surface area contributed by atoms with Gasteiger partial charge in [0.05, 0.1) is 0 Å². The van der Waals surface area contributed by atoms with Gasteiger partial charge in [0, 0.05) is 5.39 Å². The molecule has 0 aromatic heterocycles. The number of hydrogen-bond donors (Lipinski definition) is 1. The third-order valence-electron chi connectivity index (χ3n) is 2.09. The molecule has 0 saturated carbocycles. The fourth-order valence-corrected chi connectivity index (χ4v) is 1.51. The summed E-state index contributed by atoms with van der Waals surface area (Å²) in [4.78, 5) is 0. The molecular formula is C13H16O. The van der Waals surface area contributed by atoms with Gasteiger partial charge in [0.1, 0.15) is 5.75 Å². The average Bonchev–Trinajstić information content (AvgIpc) is 2.21. The first-order valence-corrected chi connectivity index (χ1v) is 4.96. The van der Waals surface area contributed by atoms with E-state index in [1.54, 1.807) is 6.07 Å². The Morgan fingerprint density at radius 3 is 2.07 bits per heavy atom. The first-order chi connectivity index (χ1) is 6.79. The van der Waals surface area contributed by atoms with Crippen LogP contribution in [-0.4, -0.2) is 5.11 Å². The van der Waals surface area contributed by atoms with Crippen LogP contribution in [0.5, 0.6) is 5.75 Å². The van der Waals surface area contributed by atoms with Gasteiger partial charge in [-0.2, -0.15) is 0 Å². The Bertz CT molecular complexity index is 382. The lowest BCUT2D eigenvalue weighted by Crippen LogP contribution is -1.77. The average molecular weight is 188 g/mol. The van der Waals surface area contributed by atoms with Crippen LogP contribution in [-0.2, 0) is 0 Å². The summed E-state index contributed by atoms with van der Waals surface area (Å²) in [5, 5.41) is 11.6. The normalized spacial score (nSPS) is 9.36. The van der Waals surface area contributed by atoms with Crippen molar-refractivity contribution in [1.82, 2.24) is 0 Å². The maximum Gasteiger partial charge on any atom is 0.123 e. The Kier molecular flexibility index (Phi) is 3.52. The van der Waals surface area contributed by atoms with E-state index in [2.05, 4.69) is 0 Å². The quantitative estimate of drug-likeness (QED) is 0.665. The second-order valence-corrected chi connectivity index (χ2v) is 2.95. The molecule has 0 fully saturated rings. The Morgan fingerprint density at radius 1 is 0.929 bits per heavy atom. The number of fused-ring (bicyclic) bond motifs is 1. The Labute approximate surface area is 85.0 Å². The minimum absolute atomic E-state index is 0.366. The Hall–Kier alpha value is -1.50. The monoisotopic (exact) mass is 188 g/mol. The van der Waals surface area contributed by atoms with E-state index in [1.807, 2.05) is 51.1 Å². The maximum atomic E-state index is 9.55. The molecule has 0 aliphatic rings. The van der Waals surface area contributed by atoms with E-state index < -0.39 is 0 Å². The van der Waals surface area contributed by atoms with E-state index in [9.17, 15) is 5.11 Å². The highest BCUT2D eigenvalue weighted by Crippen LogP contribution is 2.26. The minimum Gasteiger partial charge on any atom is -0.507 e. The molecule has 0 radical (unpaired) electrons. The molecule has 0 heterocycles. The summed E-state index contributed by atoms with van der Waals surface area (Å²) in [6.07, 6.45) is 0. The number of benzene rings is 2. The molecule has 2 rings (SSSR count). The fourth-order valence-electron chi connectivity index (χ4n) is 1.51. The van der Waals surface area contributed by atoms with E-state index in [4.69, 9.17) is 0 Å². The highest BCUT2D eigenvalue weighted by molar-refractivity contribution is 5.90. The standard InChI is InChI=1S/C11H10O.C2H6/c1-8-4-2-5-9-6-3-7-10(12)11(8)9;1-2/h2-7,12H,1H3;1-2H3. The maximum absolute atomic E-state index is 9.55. The lowest BCUT2D eigenvalue weighted by molar-refractivity contribution is 0.481. The molecule has 0 aliphatic carbocycles. The van der Waals surface area contributed by atoms with Crippen LogP contribution in [0.1, 0.15) is 19.4 Å². The van der Waals surface area contributed by atoms with Gasteiger partial charge in [-0.25, -0.2) is 0 Å². The van der Waals surface area contributed by atoms with Crippen molar-refractivity contribution in [2.45, 2.75) is 20.8 Å². The molecule has 14 heavy (non-hydrogen) atoms. The molecule has 1 N–H and O–H groups in total. The van der Waals surface area contributed by atoms with E-state index in [-0.39, 0.29) is 0 Å². The first-order valence-electron chi connectivity index (χ1n) is 4.96. The number of aryl methyl sites for hydroxylation is 1. The molecule has 74 valence electrons. The predicted molar refractivity (Wildman–Crippen MR) is 61.7 cm³/mol. The van der Waals surface area contributed by atoms with Gasteiger partial charge in [0.15, 0.2) is 0 Å². The van der Waals surface area contributed by atoms with E-state index in [0.717, 1.165) is 16.3 Å². The molecule has 0 spiro atoms. The summed E-state index contributed by atoms with van der Waals surface area (Å²) in [5.41, 5.74) is 1.12. The van der Waals surface area contributed by atoms with Gasteiger partial charge >= 0.3 is 0 Å². The summed E-state index contributed by atoms with van der Waals surface area (Å²) in [7, 11) is 0. The fraction of sp³-hybridized carbons (Fsp3) is 0.231. The predicted octanol–water partition coefficient (Wildman–Crippen LogP) is 3.88. The number of aromatic hydroxyl groups is 1. The second kappa shape index (κ2) is 4.66. The molecule has 2 aromatic rings. The van der Waals surface area contributed by atoms with E-state index in [0.29, 0.717) is 5.75 Å². The molecule has 1 nitrogen and oxygen atoms in total. The van der Waals surface area contributed by atoms with Gasteiger partial charge in [-0.15, -0.1) is 0 Å². The number of phenols is 1. The Morgan fingerprint density at radius 2 is 1.50 bits per heavy atom. The van der Waals surface area contributed by atoms with Crippen LogP contribution >= 0.6 is 0 Å². The van der Waals surface area contributed by atoms with Crippen LogP contribution in [0.15, 0.2) is 36.4 Å². The van der Waals surface area contributed by atoms with Crippen molar-refractivity contribution in [1.29, 1.82) is 0 Å². The second-order valence-electron chi connectivity index (χ2n) is 2.95. The molecule has 0 unspecified atom stereocenters. The van der Waals surface area contributed by atoms with Crippen molar-refractivity contribution in [3.05, 3.63) is 42.0 Å². The van der Waals surface area contributed by atoms with Gasteiger partial charge in [-0.05, 0) is 23.9 Å². The summed E-state index contributed by atoms with van der Waals surface area (Å²) >= 11 is 0. The zero-order valence-corrected chi connectivity index (χ0v) is 8.91. The Balaban J connectivity index is 0.000000461. The van der Waals surface area contributed by atoms with Crippen molar-refractivity contribution in [3.63, 3.8) is 0 Å². The topological polar surface area (TPSA) is 20.2 Å². The van der Waals surface area contributed by atoms with Crippen molar-refractivity contribution in [3.8, 4) is 5.75 Å². The third kappa shape index (κ3) is 1.87. The minimum atomic E-state index is 0.366. The smallest absolute Gasteiger partial charge is 0.123 e. The van der Waals surface area contributed by atoms with Crippen LogP contribution in [0.3, 0.4) is 0 Å². The lowest BCUT2D eigenvalue weighted by atomic mass is 10.1. The summed E-state index contributed by atoms with van der Waals surface area (Å²) < 4.78 is 0. The van der Waals surface area contributed by atoms with Gasteiger partial charge in [0.2, 0.25) is 0 Å². The molecular weight excluding hydrogens is 172 g/mol. The molecule has 0 aliphatic heterocycles. The molecule has 0 saturated heterocycles. The van der Waals surface area contributed by atoms with Crippen LogP contribution < -0.4 is 0 Å². The number of hydrogen-bond acceptors (Lipinski definition) is 1. The van der Waals surface area contributed by atoms with Gasteiger partial charge < -0.3 is 5.11 Å². The van der Waals surface area contributed by atoms with Crippen molar-refractivity contribution < 1.29 is 5.11 Å². The number of phenolic OH excluding ortho intramolecular Hbond substituents is 1. The highest BCUT2D eigenvalue weighted by atomic mass is 16.3. The first kappa shape index (κ1) is 10.6. The van der Waals surface area contributed by atoms with Crippen LogP contribution in [0, 0.1) is 6.92 Å². The molecule has 0 bridgehead atoms. The largest absolute Gasteiger partial charge is 0.507 e. The van der Waals surface area contributed by atoms with E-state index in [1.165, 1.54) is 0 Å². The van der Waals surface area contributed by atoms with Gasteiger partial charge in [0.25, 0.3) is 0 Å². The zero-order chi connectivity index (χ0) is 10.6. The van der Waals surface area contributed by atoms with Gasteiger partial charge in [-0.3, -0.25) is 0 Å². The lowest BCUT2D eigenvalue weighted by Gasteiger charge is -2.02. The molecule has 1 heteroatoms. The van der Waals surface area contributed by atoms with Crippen LogP contribution in [0.2, 0.25) is 0 Å². The summed E-state index contributed by atoms with van der Waals surface area (Å²) in [5.74, 6) is 0.366. The highest BCUT2D eigenvalue weighted by Gasteiger charge is 1.99. The SMILES string of the molecule is CC.Cc1cccc2cccc(O)c12. The molecule has 0 atom stereocenters. The van der Waals surface area contributed by atoms with Crippen molar-refractivity contribution in [2.24, 2.45) is 0 Å². The van der Waals surface area contributed by atoms with Gasteiger partial charge in [-0.1, -0.05) is 44.2 Å². The van der Waals surface area contributed by atoms with Crippen LogP contribution in [0.25, 0.3) is 10.8 Å². The van der Waals surface area contributed by atoms with Crippen molar-refractivity contribution >= 4 is 10.8 Å². The summed E-state index contributed by atoms with van der Waals surface area (Å²) in [6, 6.07) is 11.6. The molecule has 0 amide bonds. The third-order valence-corrected chi connectivity index (χ3v) is 2.09. The zero-order valence-electron chi connectivity index (χ0n) is 8.91. The summed E-state index contributed by atoms with van der Waals surface area (Å²) in [6.45, 7) is 6.00. The van der Waals surface area contributed by atoms with Crippen molar-refractivity contribution in [2.75, 3.05) is 0 Å². The molecule has 2 aromatic carbocycles. The number of rotatable bonds is 0. The van der Waals surface area contributed by atoms with Crippen LogP contribution in [0.4, 0.5) is 0 Å².